The van der Waals surface area contributed by atoms with Gasteiger partial charge in [-0.2, -0.15) is 0 Å². The summed E-state index contributed by atoms with van der Waals surface area (Å²) < 4.78 is 0. The van der Waals surface area contributed by atoms with Gasteiger partial charge in [0.05, 0.1) is 15.4 Å². The summed E-state index contributed by atoms with van der Waals surface area (Å²) in [6.45, 7) is 9.54. The van der Waals surface area contributed by atoms with Gasteiger partial charge in [0.2, 0.25) is 0 Å². The van der Waals surface area contributed by atoms with Crippen LogP contribution < -0.4 is 0 Å². The van der Waals surface area contributed by atoms with Crippen molar-refractivity contribution < 1.29 is 4.79 Å². The molecule has 3 heteroatoms. The van der Waals surface area contributed by atoms with E-state index in [-0.39, 0.29) is 5.41 Å². The quantitative estimate of drug-likeness (QED) is 0.426. The van der Waals surface area contributed by atoms with E-state index < -0.39 is 0 Å². The maximum Gasteiger partial charge on any atom is 0.162 e. The molecule has 0 fully saturated rings. The summed E-state index contributed by atoms with van der Waals surface area (Å²) in [5, 5.41) is 0. The molecule has 0 aliphatic heterocycles. The highest BCUT2D eigenvalue weighted by atomic mass is 32.1. The molecule has 0 bridgehead atoms. The molecule has 1 aromatic heterocycles. The minimum absolute atomic E-state index is 0.0346. The fourth-order valence-corrected chi connectivity index (χ4v) is 1.70. The molecular weight excluding hydrogens is 206 g/mol. The van der Waals surface area contributed by atoms with Crippen LogP contribution in [0.4, 0.5) is 5.69 Å². The van der Waals surface area contributed by atoms with Crippen LogP contribution in [0.2, 0.25) is 0 Å². The molecule has 15 heavy (non-hydrogen) atoms. The van der Waals surface area contributed by atoms with E-state index in [1.54, 1.807) is 6.07 Å². The first-order valence-corrected chi connectivity index (χ1v) is 5.37. The number of carbonyl (C=O) groups excluding carboxylic acids is 1. The van der Waals surface area contributed by atoms with Crippen molar-refractivity contribution in [1.82, 2.24) is 0 Å². The highest BCUT2D eigenvalue weighted by molar-refractivity contribution is 7.14. The number of thiophene rings is 1. The Labute approximate surface area is 94.0 Å². The van der Waals surface area contributed by atoms with Crippen LogP contribution in [0.1, 0.15) is 35.3 Å². The summed E-state index contributed by atoms with van der Waals surface area (Å²) in [5.74, 6) is 6.15. The predicted octanol–water partition coefficient (Wildman–Crippen LogP) is 3.29. The summed E-state index contributed by atoms with van der Waals surface area (Å²) in [6, 6.07) is 1.79. The van der Waals surface area contributed by atoms with Crippen LogP contribution in [0.5, 0.6) is 0 Å². The predicted molar refractivity (Wildman–Crippen MR) is 65.2 cm³/mol. The van der Waals surface area contributed by atoms with Crippen LogP contribution in [-0.4, -0.2) is 13.0 Å². The summed E-state index contributed by atoms with van der Waals surface area (Å²) in [5.41, 5.74) is 0.584. The van der Waals surface area contributed by atoms with Crippen molar-refractivity contribution in [3.8, 4) is 11.8 Å². The molecule has 0 aromatic carbocycles. The Hall–Kier alpha value is -1.40. The lowest BCUT2D eigenvalue weighted by molar-refractivity contribution is 0.112. The van der Waals surface area contributed by atoms with Gasteiger partial charge >= 0.3 is 0 Å². The van der Waals surface area contributed by atoms with Gasteiger partial charge in [0.25, 0.3) is 0 Å². The van der Waals surface area contributed by atoms with E-state index in [9.17, 15) is 4.79 Å². The summed E-state index contributed by atoms with van der Waals surface area (Å²) >= 11 is 1.35. The van der Waals surface area contributed by atoms with Crippen molar-refractivity contribution in [2.24, 2.45) is 10.4 Å². The summed E-state index contributed by atoms with van der Waals surface area (Å²) in [4.78, 5) is 15.9. The van der Waals surface area contributed by atoms with Gasteiger partial charge in [-0.1, -0.05) is 11.8 Å². The SMILES string of the molecule is C=Nc1cc(C#CC(C)(C)C)sc1C=O. The van der Waals surface area contributed by atoms with E-state index in [4.69, 9.17) is 0 Å². The van der Waals surface area contributed by atoms with Crippen LogP contribution >= 0.6 is 11.3 Å². The number of aldehydes is 1. The van der Waals surface area contributed by atoms with Crippen molar-refractivity contribution in [2.45, 2.75) is 20.8 Å². The molecule has 0 radical (unpaired) electrons. The number of aliphatic imine (C=N–C) groups is 1. The Morgan fingerprint density at radius 3 is 2.60 bits per heavy atom. The maximum atomic E-state index is 10.7. The third-order valence-electron chi connectivity index (χ3n) is 1.58. The van der Waals surface area contributed by atoms with E-state index in [2.05, 4.69) is 23.6 Å². The van der Waals surface area contributed by atoms with Gasteiger partial charge in [-0.05, 0) is 33.6 Å². The fourth-order valence-electron chi connectivity index (χ4n) is 0.914. The van der Waals surface area contributed by atoms with Gasteiger partial charge in [0.1, 0.15) is 0 Å². The molecule has 2 nitrogen and oxygen atoms in total. The number of rotatable bonds is 2. The lowest BCUT2D eigenvalue weighted by Crippen LogP contribution is -1.98. The van der Waals surface area contributed by atoms with Gasteiger partial charge in [-0.25, -0.2) is 0 Å². The van der Waals surface area contributed by atoms with Crippen LogP contribution in [0, 0.1) is 17.3 Å². The van der Waals surface area contributed by atoms with E-state index >= 15 is 0 Å². The zero-order valence-electron chi connectivity index (χ0n) is 9.13. The molecule has 0 N–H and O–H groups in total. The Bertz CT molecular complexity index is 415. The Balaban J connectivity index is 3.06. The molecule has 1 aromatic rings. The average Bonchev–Trinajstić information content (AvgIpc) is 2.56. The van der Waals surface area contributed by atoms with Crippen LogP contribution in [0.3, 0.4) is 0 Å². The molecule has 0 aliphatic rings. The van der Waals surface area contributed by atoms with Crippen molar-refractivity contribution in [3.63, 3.8) is 0 Å². The van der Waals surface area contributed by atoms with E-state index in [1.807, 2.05) is 20.8 Å². The second-order valence-electron chi connectivity index (χ2n) is 4.14. The number of carbonyl (C=O) groups is 1. The third-order valence-corrected chi connectivity index (χ3v) is 2.54. The number of hydrogen-bond donors (Lipinski definition) is 0. The zero-order valence-corrected chi connectivity index (χ0v) is 9.94. The molecular formula is C12H13NOS. The van der Waals surface area contributed by atoms with Gasteiger partial charge in [0.15, 0.2) is 6.29 Å². The van der Waals surface area contributed by atoms with Crippen LogP contribution in [0.25, 0.3) is 0 Å². The monoisotopic (exact) mass is 219 g/mol. The van der Waals surface area contributed by atoms with Gasteiger partial charge < -0.3 is 0 Å². The standard InChI is InChI=1S/C12H13NOS/c1-12(2,3)6-5-9-7-10(13-4)11(8-14)15-9/h7-8H,4H2,1-3H3. The molecule has 0 saturated heterocycles. The average molecular weight is 219 g/mol. The molecule has 1 heterocycles. The van der Waals surface area contributed by atoms with Crippen molar-refractivity contribution in [1.29, 1.82) is 0 Å². The summed E-state index contributed by atoms with van der Waals surface area (Å²) in [7, 11) is 0. The van der Waals surface area contributed by atoms with Gasteiger partial charge in [-0.15, -0.1) is 11.3 Å². The second-order valence-corrected chi connectivity index (χ2v) is 5.22. The van der Waals surface area contributed by atoms with Gasteiger partial charge in [-0.3, -0.25) is 9.79 Å². The third kappa shape index (κ3) is 3.34. The minimum atomic E-state index is -0.0346. The van der Waals surface area contributed by atoms with E-state index in [0.717, 1.165) is 11.2 Å². The minimum Gasteiger partial charge on any atom is -0.297 e. The molecule has 0 aliphatic carbocycles. The highest BCUT2D eigenvalue weighted by Crippen LogP contribution is 2.27. The lowest BCUT2D eigenvalue weighted by Gasteiger charge is -2.06. The summed E-state index contributed by atoms with van der Waals surface area (Å²) in [6.07, 6.45) is 0.789. The van der Waals surface area contributed by atoms with E-state index in [0.29, 0.717) is 10.6 Å². The first-order valence-electron chi connectivity index (χ1n) is 4.55. The Morgan fingerprint density at radius 2 is 2.20 bits per heavy atom. The molecule has 0 saturated carbocycles. The van der Waals surface area contributed by atoms with Crippen molar-refractivity contribution in [3.05, 3.63) is 15.8 Å². The molecule has 0 amide bonds. The largest absolute Gasteiger partial charge is 0.297 e. The van der Waals surface area contributed by atoms with Crippen LogP contribution in [0.15, 0.2) is 11.1 Å². The molecule has 1 rings (SSSR count). The van der Waals surface area contributed by atoms with Crippen molar-refractivity contribution >= 4 is 30.0 Å². The fraction of sp³-hybridized carbons (Fsp3) is 0.333. The van der Waals surface area contributed by atoms with Gasteiger partial charge in [0, 0.05) is 5.41 Å². The normalized spacial score (nSPS) is 10.3. The first-order chi connectivity index (χ1) is 6.96. The Morgan fingerprint density at radius 1 is 1.53 bits per heavy atom. The zero-order chi connectivity index (χ0) is 11.5. The lowest BCUT2D eigenvalue weighted by atomic mass is 9.98. The number of hydrogen-bond acceptors (Lipinski definition) is 3. The van der Waals surface area contributed by atoms with E-state index in [1.165, 1.54) is 11.3 Å². The maximum absolute atomic E-state index is 10.7. The molecule has 78 valence electrons. The molecule has 0 unspecified atom stereocenters. The Kier molecular flexibility index (Phi) is 3.43. The number of nitrogens with zero attached hydrogens (tertiary/aromatic N) is 1. The second kappa shape index (κ2) is 4.41. The first kappa shape index (κ1) is 11.7. The molecule has 0 atom stereocenters. The highest BCUT2D eigenvalue weighted by Gasteiger charge is 2.07. The topological polar surface area (TPSA) is 29.4 Å². The van der Waals surface area contributed by atoms with Crippen molar-refractivity contribution in [2.75, 3.05) is 0 Å². The molecule has 0 spiro atoms. The smallest absolute Gasteiger partial charge is 0.162 e. The van der Waals surface area contributed by atoms with Crippen LogP contribution in [-0.2, 0) is 0 Å².